The van der Waals surface area contributed by atoms with Gasteiger partial charge < -0.3 is 10.2 Å². The molecular weight excluding hydrogens is 228 g/mol. The number of hydrogen-bond donors (Lipinski definition) is 1. The molecule has 0 saturated heterocycles. The third kappa shape index (κ3) is 3.90. The predicted molar refractivity (Wildman–Crippen MR) is 62.0 cm³/mol. The van der Waals surface area contributed by atoms with Crippen LogP contribution in [-0.4, -0.2) is 30.8 Å². The van der Waals surface area contributed by atoms with Gasteiger partial charge in [-0.2, -0.15) is 0 Å². The first kappa shape index (κ1) is 12.5. The van der Waals surface area contributed by atoms with Gasteiger partial charge in [-0.25, -0.2) is 0 Å². The van der Waals surface area contributed by atoms with Crippen LogP contribution in [-0.2, 0) is 16.1 Å². The van der Waals surface area contributed by atoms with E-state index in [1.54, 1.807) is 18.2 Å². The molecule has 86 valence electrons. The summed E-state index contributed by atoms with van der Waals surface area (Å²) in [5.41, 5.74) is 0.892. The van der Waals surface area contributed by atoms with Crippen LogP contribution < -0.4 is 5.32 Å². The van der Waals surface area contributed by atoms with E-state index in [4.69, 9.17) is 11.6 Å². The molecule has 0 fully saturated rings. The molecule has 0 aromatic heterocycles. The maximum absolute atomic E-state index is 11.1. The van der Waals surface area contributed by atoms with Crippen molar-refractivity contribution in [2.24, 2.45) is 0 Å². The summed E-state index contributed by atoms with van der Waals surface area (Å²) in [5.74, 6) is -0.200. The fraction of sp³-hybridized carbons (Fsp3) is 0.273. The fourth-order valence-corrected chi connectivity index (χ4v) is 1.48. The van der Waals surface area contributed by atoms with Crippen molar-refractivity contribution in [1.82, 2.24) is 10.2 Å². The summed E-state index contributed by atoms with van der Waals surface area (Å²) in [6.45, 7) is 0.421. The zero-order valence-corrected chi connectivity index (χ0v) is 9.70. The Morgan fingerprint density at radius 1 is 1.56 bits per heavy atom. The summed E-state index contributed by atoms with van der Waals surface area (Å²) >= 11 is 5.82. The molecule has 4 nitrogen and oxygen atoms in total. The number of carbonyl (C=O) groups is 2. The summed E-state index contributed by atoms with van der Waals surface area (Å²) in [6.07, 6.45) is 0.649. The number of carbonyl (C=O) groups excluding carboxylic acids is 2. The molecule has 0 radical (unpaired) electrons. The lowest BCUT2D eigenvalue weighted by molar-refractivity contribution is -0.128. The monoisotopic (exact) mass is 240 g/mol. The number of hydrogen-bond acceptors (Lipinski definition) is 2. The van der Waals surface area contributed by atoms with Crippen molar-refractivity contribution in [3.8, 4) is 0 Å². The minimum Gasteiger partial charge on any atom is -0.358 e. The number of nitrogens with one attached hydrogen (secondary N) is 1. The number of benzene rings is 1. The van der Waals surface area contributed by atoms with Crippen LogP contribution in [0.25, 0.3) is 0 Å². The van der Waals surface area contributed by atoms with Gasteiger partial charge >= 0.3 is 0 Å². The van der Waals surface area contributed by atoms with Gasteiger partial charge in [0.25, 0.3) is 0 Å². The van der Waals surface area contributed by atoms with E-state index in [1.165, 1.54) is 11.9 Å². The molecule has 1 rings (SSSR count). The third-order valence-electron chi connectivity index (χ3n) is 2.05. The molecule has 1 aromatic rings. The lowest BCUT2D eigenvalue weighted by Gasteiger charge is -2.16. The third-order valence-corrected chi connectivity index (χ3v) is 2.28. The molecule has 0 unspecified atom stereocenters. The van der Waals surface area contributed by atoms with Gasteiger partial charge in [0.1, 0.15) is 0 Å². The number of amides is 2. The highest BCUT2D eigenvalue weighted by Gasteiger charge is 2.07. The highest BCUT2D eigenvalue weighted by atomic mass is 35.5. The van der Waals surface area contributed by atoms with Crippen LogP contribution in [0.3, 0.4) is 0 Å². The lowest BCUT2D eigenvalue weighted by Crippen LogP contribution is -2.34. The van der Waals surface area contributed by atoms with Gasteiger partial charge in [0.15, 0.2) is 0 Å². The van der Waals surface area contributed by atoms with Crippen molar-refractivity contribution >= 4 is 23.9 Å². The summed E-state index contributed by atoms with van der Waals surface area (Å²) < 4.78 is 0. The highest BCUT2D eigenvalue weighted by Crippen LogP contribution is 2.11. The maximum Gasteiger partial charge on any atom is 0.239 e. The molecule has 0 saturated carbocycles. The van der Waals surface area contributed by atoms with Crippen molar-refractivity contribution in [1.29, 1.82) is 0 Å². The van der Waals surface area contributed by atoms with Gasteiger partial charge in [-0.05, 0) is 17.7 Å². The number of rotatable bonds is 5. The second-order valence-corrected chi connectivity index (χ2v) is 3.75. The SMILES string of the molecule is CNC(=O)CN(C=O)Cc1cccc(Cl)c1. The average molecular weight is 241 g/mol. The van der Waals surface area contributed by atoms with E-state index in [0.717, 1.165) is 5.56 Å². The molecule has 5 heteroatoms. The Balaban J connectivity index is 2.63. The molecule has 0 atom stereocenters. The van der Waals surface area contributed by atoms with Gasteiger partial charge in [-0.1, -0.05) is 23.7 Å². The molecule has 16 heavy (non-hydrogen) atoms. The lowest BCUT2D eigenvalue weighted by atomic mass is 10.2. The van der Waals surface area contributed by atoms with Crippen LogP contribution >= 0.6 is 11.6 Å². The van der Waals surface area contributed by atoms with Gasteiger partial charge in [0.05, 0.1) is 6.54 Å². The van der Waals surface area contributed by atoms with Crippen LogP contribution in [0.15, 0.2) is 24.3 Å². The van der Waals surface area contributed by atoms with E-state index in [-0.39, 0.29) is 12.5 Å². The summed E-state index contributed by atoms with van der Waals surface area (Å²) in [5, 5.41) is 3.08. The number of nitrogens with zero attached hydrogens (tertiary/aromatic N) is 1. The minimum absolute atomic E-state index is 0.0481. The topological polar surface area (TPSA) is 49.4 Å². The van der Waals surface area contributed by atoms with Gasteiger partial charge in [-0.3, -0.25) is 9.59 Å². The van der Waals surface area contributed by atoms with Gasteiger partial charge in [0.2, 0.25) is 12.3 Å². The average Bonchev–Trinajstić information content (AvgIpc) is 2.28. The van der Waals surface area contributed by atoms with Crippen molar-refractivity contribution in [2.45, 2.75) is 6.54 Å². The van der Waals surface area contributed by atoms with Crippen molar-refractivity contribution in [3.05, 3.63) is 34.9 Å². The first-order chi connectivity index (χ1) is 7.65. The zero-order chi connectivity index (χ0) is 12.0. The first-order valence-electron chi connectivity index (χ1n) is 4.80. The minimum atomic E-state index is -0.200. The van der Waals surface area contributed by atoms with Gasteiger partial charge in [0, 0.05) is 18.6 Å². The smallest absolute Gasteiger partial charge is 0.239 e. The van der Waals surface area contributed by atoms with Gasteiger partial charge in [-0.15, -0.1) is 0 Å². The van der Waals surface area contributed by atoms with Crippen molar-refractivity contribution in [2.75, 3.05) is 13.6 Å². The Morgan fingerprint density at radius 3 is 2.88 bits per heavy atom. The van der Waals surface area contributed by atoms with Crippen LogP contribution in [0, 0.1) is 0 Å². The maximum atomic E-state index is 11.1. The Hall–Kier alpha value is -1.55. The van der Waals surface area contributed by atoms with Crippen molar-refractivity contribution < 1.29 is 9.59 Å². The van der Waals surface area contributed by atoms with Crippen molar-refractivity contribution in [3.63, 3.8) is 0 Å². The second kappa shape index (κ2) is 6.12. The Bertz CT molecular complexity index is 382. The quantitative estimate of drug-likeness (QED) is 0.782. The Kier molecular flexibility index (Phi) is 4.79. The summed E-state index contributed by atoms with van der Waals surface area (Å²) in [7, 11) is 1.53. The van der Waals surface area contributed by atoms with E-state index in [9.17, 15) is 9.59 Å². The molecular formula is C11H13ClN2O2. The molecule has 0 aliphatic heterocycles. The van der Waals surface area contributed by atoms with Crippen LogP contribution in [0.2, 0.25) is 5.02 Å². The predicted octanol–water partition coefficient (Wildman–Crippen LogP) is 1.04. The highest BCUT2D eigenvalue weighted by molar-refractivity contribution is 6.30. The fourth-order valence-electron chi connectivity index (χ4n) is 1.26. The summed E-state index contributed by atoms with van der Waals surface area (Å²) in [4.78, 5) is 23.2. The zero-order valence-electron chi connectivity index (χ0n) is 8.94. The van der Waals surface area contributed by atoms with E-state index in [1.807, 2.05) is 6.07 Å². The first-order valence-corrected chi connectivity index (χ1v) is 5.18. The largest absolute Gasteiger partial charge is 0.358 e. The summed E-state index contributed by atoms with van der Waals surface area (Å²) in [6, 6.07) is 7.18. The molecule has 1 aromatic carbocycles. The van der Waals surface area contributed by atoms with Crippen LogP contribution in [0.5, 0.6) is 0 Å². The molecule has 0 bridgehead atoms. The van der Waals surface area contributed by atoms with E-state index in [2.05, 4.69) is 5.32 Å². The normalized spacial score (nSPS) is 9.62. The number of likely N-dealkylation sites (N-methyl/N-ethyl adjacent to an activating group) is 1. The molecule has 0 aliphatic carbocycles. The van der Waals surface area contributed by atoms with E-state index >= 15 is 0 Å². The number of halogens is 1. The molecule has 0 spiro atoms. The standard InChI is InChI=1S/C11H13ClN2O2/c1-13-11(16)7-14(8-15)6-9-3-2-4-10(12)5-9/h2-5,8H,6-7H2,1H3,(H,13,16). The molecule has 2 amide bonds. The molecule has 0 aliphatic rings. The Labute approximate surface area is 99.2 Å². The second-order valence-electron chi connectivity index (χ2n) is 3.31. The van der Waals surface area contributed by atoms with Crippen LogP contribution in [0.4, 0.5) is 0 Å². The molecule has 1 N–H and O–H groups in total. The van der Waals surface area contributed by atoms with Crippen LogP contribution in [0.1, 0.15) is 5.56 Å². The molecule has 0 heterocycles. The van der Waals surface area contributed by atoms with E-state index < -0.39 is 0 Å². The Morgan fingerprint density at radius 2 is 2.31 bits per heavy atom. The van der Waals surface area contributed by atoms with E-state index in [0.29, 0.717) is 18.0 Å².